The van der Waals surface area contributed by atoms with Crippen molar-refractivity contribution in [3.05, 3.63) is 33.9 Å². The summed E-state index contributed by atoms with van der Waals surface area (Å²) in [6.45, 7) is 7.33. The number of benzene rings is 1. The van der Waals surface area contributed by atoms with E-state index in [4.69, 9.17) is 4.74 Å². The first-order valence-corrected chi connectivity index (χ1v) is 6.34. The van der Waals surface area contributed by atoms with Crippen molar-refractivity contribution in [1.29, 1.82) is 0 Å². The van der Waals surface area contributed by atoms with Crippen molar-refractivity contribution in [2.24, 2.45) is 5.41 Å². The van der Waals surface area contributed by atoms with Gasteiger partial charge in [0.2, 0.25) is 0 Å². The fourth-order valence-corrected chi connectivity index (χ4v) is 1.85. The van der Waals surface area contributed by atoms with Crippen molar-refractivity contribution < 1.29 is 9.66 Å². The first-order chi connectivity index (χ1) is 8.87. The molecule has 0 spiro atoms. The van der Waals surface area contributed by atoms with Crippen LogP contribution < -0.4 is 5.32 Å². The average molecular weight is 266 g/mol. The molecule has 0 aliphatic carbocycles. The van der Waals surface area contributed by atoms with E-state index in [-0.39, 0.29) is 16.0 Å². The summed E-state index contributed by atoms with van der Waals surface area (Å²) in [6, 6.07) is 5.32. The molecule has 1 aromatic rings. The van der Waals surface area contributed by atoms with Gasteiger partial charge in [0.25, 0.3) is 5.69 Å². The van der Waals surface area contributed by atoms with E-state index in [0.29, 0.717) is 24.4 Å². The molecule has 5 heteroatoms. The Morgan fingerprint density at radius 2 is 2.11 bits per heavy atom. The molecule has 0 aromatic heterocycles. The van der Waals surface area contributed by atoms with E-state index in [1.54, 1.807) is 26.2 Å². The number of hydrogen-bond donors (Lipinski definition) is 1. The minimum Gasteiger partial charge on any atom is -0.385 e. The Morgan fingerprint density at radius 3 is 2.68 bits per heavy atom. The van der Waals surface area contributed by atoms with Gasteiger partial charge in [0.1, 0.15) is 5.69 Å². The van der Waals surface area contributed by atoms with E-state index in [2.05, 4.69) is 19.2 Å². The number of methoxy groups -OCH3 is 1. The lowest BCUT2D eigenvalue weighted by Gasteiger charge is -2.25. The van der Waals surface area contributed by atoms with Crippen LogP contribution >= 0.6 is 0 Å². The van der Waals surface area contributed by atoms with Gasteiger partial charge in [0.05, 0.1) is 4.92 Å². The van der Waals surface area contributed by atoms with Crippen LogP contribution in [0.25, 0.3) is 0 Å². The number of aryl methyl sites for hydroxylation is 1. The average Bonchev–Trinajstić information content (AvgIpc) is 2.33. The van der Waals surface area contributed by atoms with E-state index >= 15 is 0 Å². The molecule has 0 saturated heterocycles. The molecule has 0 saturated carbocycles. The van der Waals surface area contributed by atoms with Gasteiger partial charge in [-0.15, -0.1) is 0 Å². The van der Waals surface area contributed by atoms with Gasteiger partial charge < -0.3 is 10.1 Å². The number of rotatable bonds is 7. The summed E-state index contributed by atoms with van der Waals surface area (Å²) in [4.78, 5) is 10.8. The van der Waals surface area contributed by atoms with Gasteiger partial charge >= 0.3 is 0 Å². The first-order valence-electron chi connectivity index (χ1n) is 6.34. The van der Waals surface area contributed by atoms with Gasteiger partial charge in [-0.2, -0.15) is 0 Å². The largest absolute Gasteiger partial charge is 0.385 e. The summed E-state index contributed by atoms with van der Waals surface area (Å²) in [7, 11) is 1.68. The minimum absolute atomic E-state index is 0.0215. The van der Waals surface area contributed by atoms with E-state index < -0.39 is 0 Å². The molecule has 5 nitrogen and oxygen atoms in total. The lowest BCUT2D eigenvalue weighted by Crippen LogP contribution is -2.25. The molecule has 0 unspecified atom stereocenters. The second-order valence-electron chi connectivity index (χ2n) is 5.49. The van der Waals surface area contributed by atoms with Crippen LogP contribution in [-0.4, -0.2) is 25.2 Å². The predicted octanol–water partition coefficient (Wildman–Crippen LogP) is 3.38. The van der Waals surface area contributed by atoms with Crippen molar-refractivity contribution in [3.8, 4) is 0 Å². The monoisotopic (exact) mass is 266 g/mol. The smallest absolute Gasteiger partial charge is 0.295 e. The molecule has 0 radical (unpaired) electrons. The Hall–Kier alpha value is -1.62. The van der Waals surface area contributed by atoms with Crippen LogP contribution in [0, 0.1) is 22.5 Å². The summed E-state index contributed by atoms with van der Waals surface area (Å²) < 4.78 is 5.07. The van der Waals surface area contributed by atoms with Gasteiger partial charge in [-0.1, -0.05) is 26.0 Å². The highest BCUT2D eigenvalue weighted by Gasteiger charge is 2.21. The molecule has 0 heterocycles. The van der Waals surface area contributed by atoms with Crippen LogP contribution in [0.2, 0.25) is 0 Å². The number of nitro benzene ring substituents is 1. The number of para-hydroxylation sites is 1. The van der Waals surface area contributed by atoms with Crippen LogP contribution in [-0.2, 0) is 4.74 Å². The molecule has 19 heavy (non-hydrogen) atoms. The zero-order valence-electron chi connectivity index (χ0n) is 12.0. The number of ether oxygens (including phenoxy) is 1. The molecule has 0 atom stereocenters. The highest BCUT2D eigenvalue weighted by molar-refractivity contribution is 5.65. The molecule has 0 aliphatic rings. The molecular formula is C14H22N2O3. The normalized spacial score (nSPS) is 11.4. The molecular weight excluding hydrogens is 244 g/mol. The third kappa shape index (κ3) is 4.52. The second-order valence-corrected chi connectivity index (χ2v) is 5.49. The maximum Gasteiger partial charge on any atom is 0.295 e. The lowest BCUT2D eigenvalue weighted by atomic mass is 9.89. The topological polar surface area (TPSA) is 64.4 Å². The van der Waals surface area contributed by atoms with E-state index in [1.807, 2.05) is 6.07 Å². The van der Waals surface area contributed by atoms with Gasteiger partial charge in [0, 0.05) is 25.8 Å². The highest BCUT2D eigenvalue weighted by atomic mass is 16.6. The van der Waals surface area contributed by atoms with Crippen LogP contribution in [0.1, 0.15) is 25.8 Å². The molecule has 0 amide bonds. The SMILES string of the molecule is COCCC(C)(C)CNc1cccc(C)c1[N+](=O)[O-]. The molecule has 1 rings (SSSR count). The molecule has 0 fully saturated rings. The quantitative estimate of drug-likeness (QED) is 0.607. The fourth-order valence-electron chi connectivity index (χ4n) is 1.85. The summed E-state index contributed by atoms with van der Waals surface area (Å²) >= 11 is 0. The maximum absolute atomic E-state index is 11.1. The fraction of sp³-hybridized carbons (Fsp3) is 0.571. The Labute approximate surface area is 114 Å². The van der Waals surface area contributed by atoms with Crippen LogP contribution in [0.5, 0.6) is 0 Å². The minimum atomic E-state index is -0.334. The number of nitro groups is 1. The van der Waals surface area contributed by atoms with Gasteiger partial charge in [-0.05, 0) is 24.8 Å². The Bertz CT molecular complexity index is 444. The number of anilines is 1. The van der Waals surface area contributed by atoms with E-state index in [9.17, 15) is 10.1 Å². The molecule has 1 aromatic carbocycles. The Balaban J connectivity index is 2.78. The summed E-state index contributed by atoms with van der Waals surface area (Å²) in [5.74, 6) is 0. The van der Waals surface area contributed by atoms with E-state index in [1.165, 1.54) is 0 Å². The van der Waals surface area contributed by atoms with Crippen LogP contribution in [0.4, 0.5) is 11.4 Å². The van der Waals surface area contributed by atoms with Crippen molar-refractivity contribution in [2.45, 2.75) is 27.2 Å². The number of nitrogens with zero attached hydrogens (tertiary/aromatic N) is 1. The van der Waals surface area contributed by atoms with E-state index in [0.717, 1.165) is 6.42 Å². The summed E-state index contributed by atoms with van der Waals surface area (Å²) in [5.41, 5.74) is 1.43. The molecule has 106 valence electrons. The van der Waals surface area contributed by atoms with Crippen molar-refractivity contribution in [3.63, 3.8) is 0 Å². The molecule has 0 bridgehead atoms. The number of hydrogen-bond acceptors (Lipinski definition) is 4. The third-order valence-corrected chi connectivity index (χ3v) is 3.16. The van der Waals surface area contributed by atoms with Crippen molar-refractivity contribution >= 4 is 11.4 Å². The van der Waals surface area contributed by atoms with Crippen molar-refractivity contribution in [1.82, 2.24) is 0 Å². The summed E-state index contributed by atoms with van der Waals surface area (Å²) in [5, 5.41) is 14.3. The Morgan fingerprint density at radius 1 is 1.42 bits per heavy atom. The van der Waals surface area contributed by atoms with Gasteiger partial charge in [0.15, 0.2) is 0 Å². The second kappa shape index (κ2) is 6.52. The van der Waals surface area contributed by atoms with Crippen LogP contribution in [0.15, 0.2) is 18.2 Å². The molecule has 0 aliphatic heterocycles. The highest BCUT2D eigenvalue weighted by Crippen LogP contribution is 2.29. The lowest BCUT2D eigenvalue weighted by molar-refractivity contribution is -0.384. The van der Waals surface area contributed by atoms with Gasteiger partial charge in [-0.3, -0.25) is 10.1 Å². The third-order valence-electron chi connectivity index (χ3n) is 3.16. The molecule has 1 N–H and O–H groups in total. The zero-order chi connectivity index (χ0) is 14.5. The van der Waals surface area contributed by atoms with Crippen LogP contribution in [0.3, 0.4) is 0 Å². The Kier molecular flexibility index (Phi) is 5.30. The zero-order valence-corrected chi connectivity index (χ0v) is 12.0. The van der Waals surface area contributed by atoms with Gasteiger partial charge in [-0.25, -0.2) is 0 Å². The first kappa shape index (κ1) is 15.4. The standard InChI is InChI=1S/C14H22N2O3/c1-11-6-5-7-12(13(11)16(17)18)15-10-14(2,3)8-9-19-4/h5-7,15H,8-10H2,1-4H3. The summed E-state index contributed by atoms with van der Waals surface area (Å²) in [6.07, 6.45) is 0.899. The predicted molar refractivity (Wildman–Crippen MR) is 76.6 cm³/mol. The number of nitrogens with one attached hydrogen (secondary N) is 1. The maximum atomic E-state index is 11.1. The van der Waals surface area contributed by atoms with Crippen molar-refractivity contribution in [2.75, 3.05) is 25.6 Å².